The van der Waals surface area contributed by atoms with Gasteiger partial charge >= 0.3 is 0 Å². The summed E-state index contributed by atoms with van der Waals surface area (Å²) in [5.74, 6) is 0.803. The molecule has 6 heteroatoms. The van der Waals surface area contributed by atoms with Gasteiger partial charge in [0.1, 0.15) is 11.9 Å². The number of rotatable bonds is 3. The van der Waals surface area contributed by atoms with Gasteiger partial charge < -0.3 is 4.74 Å². The van der Waals surface area contributed by atoms with Crippen LogP contribution in [0.15, 0.2) is 41.8 Å². The Kier molecular flexibility index (Phi) is 3.37. The van der Waals surface area contributed by atoms with Crippen molar-refractivity contribution in [2.45, 2.75) is 6.17 Å². The molecule has 1 unspecified atom stereocenters. The Bertz CT molecular complexity index is 585. The van der Waals surface area contributed by atoms with E-state index in [1.807, 2.05) is 35.2 Å². The number of methoxy groups -OCH3 is 1. The molecule has 0 radical (unpaired) electrons. The van der Waals surface area contributed by atoms with Crippen LogP contribution in [0.4, 0.5) is 5.69 Å². The van der Waals surface area contributed by atoms with E-state index in [9.17, 15) is 0 Å². The smallest absolute Gasteiger partial charge is 0.189 e. The van der Waals surface area contributed by atoms with E-state index in [1.165, 1.54) is 4.88 Å². The molecule has 0 amide bonds. The van der Waals surface area contributed by atoms with Crippen LogP contribution in [0.25, 0.3) is 0 Å². The third-order valence-corrected chi connectivity index (χ3v) is 4.17. The maximum Gasteiger partial charge on any atom is 0.189 e. The van der Waals surface area contributed by atoms with Crippen LogP contribution < -0.4 is 20.5 Å². The summed E-state index contributed by atoms with van der Waals surface area (Å²) >= 11 is 7.07. The SMILES string of the molecule is COc1ccccc1N1C(=S)NNC1c1cccs1. The predicted molar refractivity (Wildman–Crippen MR) is 81.4 cm³/mol. The molecule has 0 aliphatic carbocycles. The minimum atomic E-state index is -0.0104. The van der Waals surface area contributed by atoms with Gasteiger partial charge in [-0.1, -0.05) is 18.2 Å². The normalized spacial score (nSPS) is 18.5. The number of hydrogen-bond acceptors (Lipinski definition) is 4. The lowest BCUT2D eigenvalue weighted by atomic mass is 10.2. The van der Waals surface area contributed by atoms with Crippen LogP contribution in [0.3, 0.4) is 0 Å². The molecule has 3 rings (SSSR count). The van der Waals surface area contributed by atoms with E-state index in [0.717, 1.165) is 11.4 Å². The van der Waals surface area contributed by atoms with Gasteiger partial charge in [-0.25, -0.2) is 5.43 Å². The first-order chi connectivity index (χ1) is 9.31. The zero-order valence-corrected chi connectivity index (χ0v) is 11.9. The lowest BCUT2D eigenvalue weighted by molar-refractivity contribution is 0.414. The van der Waals surface area contributed by atoms with Gasteiger partial charge in [-0.15, -0.1) is 11.3 Å². The Morgan fingerprint density at radius 1 is 1.26 bits per heavy atom. The highest BCUT2D eigenvalue weighted by Crippen LogP contribution is 2.36. The molecule has 2 aromatic rings. The Hall–Kier alpha value is -1.63. The molecule has 4 nitrogen and oxygen atoms in total. The molecule has 1 fully saturated rings. The average Bonchev–Trinajstić information content (AvgIpc) is 3.07. The fourth-order valence-electron chi connectivity index (χ4n) is 2.09. The minimum Gasteiger partial charge on any atom is -0.495 e. The highest BCUT2D eigenvalue weighted by atomic mass is 32.1. The molecule has 1 saturated heterocycles. The van der Waals surface area contributed by atoms with E-state index in [1.54, 1.807) is 18.4 Å². The van der Waals surface area contributed by atoms with E-state index in [2.05, 4.69) is 22.3 Å². The number of thiophene rings is 1. The van der Waals surface area contributed by atoms with Crippen LogP contribution in [0.5, 0.6) is 5.75 Å². The Labute approximate surface area is 121 Å². The molecular formula is C13H13N3OS2. The first kappa shape index (κ1) is 12.4. The molecule has 1 aliphatic heterocycles. The summed E-state index contributed by atoms with van der Waals surface area (Å²) in [6.45, 7) is 0. The summed E-state index contributed by atoms with van der Waals surface area (Å²) in [4.78, 5) is 3.22. The van der Waals surface area contributed by atoms with Gasteiger partial charge in [-0.3, -0.25) is 10.3 Å². The van der Waals surface area contributed by atoms with Gasteiger partial charge in [-0.2, -0.15) is 0 Å². The van der Waals surface area contributed by atoms with Gasteiger partial charge in [0.05, 0.1) is 12.8 Å². The highest BCUT2D eigenvalue weighted by Gasteiger charge is 2.32. The van der Waals surface area contributed by atoms with Crippen LogP contribution in [0, 0.1) is 0 Å². The molecule has 1 aromatic carbocycles. The molecule has 0 spiro atoms. The van der Waals surface area contributed by atoms with Gasteiger partial charge in [0.2, 0.25) is 0 Å². The molecule has 19 heavy (non-hydrogen) atoms. The molecule has 1 aromatic heterocycles. The van der Waals surface area contributed by atoms with Crippen LogP contribution in [-0.4, -0.2) is 12.2 Å². The first-order valence-electron chi connectivity index (χ1n) is 5.82. The monoisotopic (exact) mass is 291 g/mol. The van der Waals surface area contributed by atoms with Crippen molar-refractivity contribution in [2.24, 2.45) is 0 Å². The average molecular weight is 291 g/mol. The Morgan fingerprint density at radius 2 is 2.11 bits per heavy atom. The molecule has 2 heterocycles. The zero-order valence-electron chi connectivity index (χ0n) is 10.3. The summed E-state index contributed by atoms with van der Waals surface area (Å²) in [6, 6.07) is 12.0. The number of ether oxygens (including phenoxy) is 1. The number of nitrogens with one attached hydrogen (secondary N) is 2. The van der Waals surface area contributed by atoms with Gasteiger partial charge in [0.15, 0.2) is 5.11 Å². The number of anilines is 1. The fraction of sp³-hybridized carbons (Fsp3) is 0.154. The van der Waals surface area contributed by atoms with Crippen molar-refractivity contribution >= 4 is 34.4 Å². The third kappa shape index (κ3) is 2.18. The molecule has 0 saturated carbocycles. The van der Waals surface area contributed by atoms with Crippen LogP contribution in [0.2, 0.25) is 0 Å². The second kappa shape index (κ2) is 5.16. The summed E-state index contributed by atoms with van der Waals surface area (Å²) in [6.07, 6.45) is -0.0104. The van der Waals surface area contributed by atoms with Gasteiger partial charge in [0, 0.05) is 4.88 Å². The predicted octanol–water partition coefficient (Wildman–Crippen LogP) is 2.65. The van der Waals surface area contributed by atoms with Crippen LogP contribution in [0.1, 0.15) is 11.0 Å². The fourth-order valence-corrected chi connectivity index (χ4v) is 3.12. The third-order valence-electron chi connectivity index (χ3n) is 2.95. The number of para-hydroxylation sites is 2. The zero-order chi connectivity index (χ0) is 13.2. The summed E-state index contributed by atoms with van der Waals surface area (Å²) in [5, 5.41) is 2.70. The molecule has 0 bridgehead atoms. The molecule has 98 valence electrons. The molecule has 1 atom stereocenters. The standard InChI is InChI=1S/C13H13N3OS2/c1-17-10-6-3-2-5-9(10)16-12(14-15-13(16)18)11-7-4-8-19-11/h2-8,12,14H,1H3,(H,15,18). The Morgan fingerprint density at radius 3 is 2.84 bits per heavy atom. The summed E-state index contributed by atoms with van der Waals surface area (Å²) < 4.78 is 5.42. The van der Waals surface area contributed by atoms with Crippen molar-refractivity contribution in [3.05, 3.63) is 46.7 Å². The largest absolute Gasteiger partial charge is 0.495 e. The molecular weight excluding hydrogens is 278 g/mol. The van der Waals surface area contributed by atoms with Crippen LogP contribution in [-0.2, 0) is 0 Å². The van der Waals surface area contributed by atoms with Crippen molar-refractivity contribution in [3.63, 3.8) is 0 Å². The number of nitrogens with zero attached hydrogens (tertiary/aromatic N) is 1. The van der Waals surface area contributed by atoms with Crippen molar-refractivity contribution < 1.29 is 4.74 Å². The van der Waals surface area contributed by atoms with E-state index in [-0.39, 0.29) is 6.17 Å². The molecule has 1 aliphatic rings. The second-order valence-electron chi connectivity index (χ2n) is 4.03. The number of hydrazine groups is 1. The Balaban J connectivity index is 2.03. The molecule has 2 N–H and O–H groups in total. The van der Waals surface area contributed by atoms with Gasteiger partial charge in [0.25, 0.3) is 0 Å². The number of benzene rings is 1. The van der Waals surface area contributed by atoms with Crippen molar-refractivity contribution in [2.75, 3.05) is 12.0 Å². The first-order valence-corrected chi connectivity index (χ1v) is 7.11. The van der Waals surface area contributed by atoms with Crippen molar-refractivity contribution in [1.29, 1.82) is 0 Å². The van der Waals surface area contributed by atoms with Crippen molar-refractivity contribution in [3.8, 4) is 5.75 Å². The van der Waals surface area contributed by atoms with Crippen LogP contribution >= 0.6 is 23.6 Å². The van der Waals surface area contributed by atoms with Gasteiger partial charge in [-0.05, 0) is 35.8 Å². The minimum absolute atomic E-state index is 0.0104. The maximum atomic E-state index is 5.42. The quantitative estimate of drug-likeness (QED) is 0.850. The highest BCUT2D eigenvalue weighted by molar-refractivity contribution is 7.80. The van der Waals surface area contributed by atoms with E-state index in [4.69, 9.17) is 17.0 Å². The lowest BCUT2D eigenvalue weighted by Crippen LogP contribution is -2.29. The van der Waals surface area contributed by atoms with E-state index < -0.39 is 0 Å². The van der Waals surface area contributed by atoms with E-state index >= 15 is 0 Å². The second-order valence-corrected chi connectivity index (χ2v) is 5.40. The number of hydrogen-bond donors (Lipinski definition) is 2. The summed E-state index contributed by atoms with van der Waals surface area (Å²) in [7, 11) is 1.67. The topological polar surface area (TPSA) is 36.5 Å². The number of thiocarbonyl (C=S) groups is 1. The van der Waals surface area contributed by atoms with E-state index in [0.29, 0.717) is 5.11 Å². The maximum absolute atomic E-state index is 5.42. The lowest BCUT2D eigenvalue weighted by Gasteiger charge is -2.24. The van der Waals surface area contributed by atoms with Crippen molar-refractivity contribution in [1.82, 2.24) is 10.9 Å². The summed E-state index contributed by atoms with van der Waals surface area (Å²) in [5.41, 5.74) is 7.16.